The second kappa shape index (κ2) is 17.9. The van der Waals surface area contributed by atoms with Crippen molar-refractivity contribution in [1.82, 2.24) is 15.5 Å². The van der Waals surface area contributed by atoms with E-state index in [9.17, 15) is 24.0 Å². The Balaban J connectivity index is 1.45. The normalized spacial score (nSPS) is 15.5. The van der Waals surface area contributed by atoms with E-state index < -0.39 is 41.8 Å². The first-order chi connectivity index (χ1) is 23.2. The molecule has 12 heteroatoms. The predicted molar refractivity (Wildman–Crippen MR) is 186 cm³/mol. The van der Waals surface area contributed by atoms with E-state index in [4.69, 9.17) is 17.2 Å². The molecule has 3 atom stereocenters. The molecule has 2 unspecified atom stereocenters. The number of carbonyl (C=O) groups is 5. The molecule has 0 radical (unpaired) electrons. The van der Waals surface area contributed by atoms with Crippen LogP contribution in [0.2, 0.25) is 0 Å². The average molecular weight is 658 g/mol. The topological polar surface area (TPSA) is 203 Å². The number of amides is 5. The van der Waals surface area contributed by atoms with Gasteiger partial charge in [0, 0.05) is 17.8 Å². The highest BCUT2D eigenvalue weighted by molar-refractivity contribution is 6.00. The molecule has 48 heavy (non-hydrogen) atoms. The number of likely N-dealkylation sites (tertiary alicyclic amines) is 1. The molecule has 0 saturated carbocycles. The minimum Gasteiger partial charge on any atom is -0.366 e. The molecule has 0 aromatic heterocycles. The van der Waals surface area contributed by atoms with Crippen LogP contribution >= 0.6 is 0 Å². The Hall–Kier alpha value is -4.81. The number of unbranched alkanes of at least 4 members (excludes halogenated alkanes) is 2. The number of rotatable bonds is 17. The third kappa shape index (κ3) is 9.85. The first-order valence-corrected chi connectivity index (χ1v) is 16.7. The maximum Gasteiger partial charge on any atom is 0.248 e. The van der Waals surface area contributed by atoms with Gasteiger partial charge in [-0.05, 0) is 99.0 Å². The van der Waals surface area contributed by atoms with Crippen LogP contribution in [0.5, 0.6) is 0 Å². The first kappa shape index (κ1) is 36.0. The van der Waals surface area contributed by atoms with Crippen LogP contribution in [0.4, 0.5) is 5.69 Å². The van der Waals surface area contributed by atoms with Crippen molar-refractivity contribution in [2.45, 2.75) is 75.9 Å². The summed E-state index contributed by atoms with van der Waals surface area (Å²) in [6.07, 6.45) is 4.39. The van der Waals surface area contributed by atoms with Crippen molar-refractivity contribution >= 4 is 46.0 Å². The highest BCUT2D eigenvalue weighted by atomic mass is 16.2. The largest absolute Gasteiger partial charge is 0.366 e. The van der Waals surface area contributed by atoms with Gasteiger partial charge >= 0.3 is 0 Å². The molecule has 0 bridgehead atoms. The van der Waals surface area contributed by atoms with Crippen molar-refractivity contribution in [2.75, 3.05) is 25.0 Å². The number of carbonyl (C=O) groups excluding carboxylic acids is 5. The minimum atomic E-state index is -0.942. The SMILES string of the molecule is NCCCCC(NC(=O)C(CCCCN)NC(=O)[C@@H]1CCCN1C(=O)Cc1cccc2ccccc12)C(=O)Nc1cccc(C(N)=O)c1. The molecule has 1 aliphatic rings. The van der Waals surface area contributed by atoms with Crippen LogP contribution in [-0.2, 0) is 25.6 Å². The van der Waals surface area contributed by atoms with Crippen LogP contribution in [-0.4, -0.2) is 72.2 Å². The summed E-state index contributed by atoms with van der Waals surface area (Å²) in [5, 5.41) is 10.5. The first-order valence-electron chi connectivity index (χ1n) is 16.7. The van der Waals surface area contributed by atoms with E-state index in [0.717, 1.165) is 16.3 Å². The van der Waals surface area contributed by atoms with Crippen LogP contribution in [0.25, 0.3) is 10.8 Å². The van der Waals surface area contributed by atoms with Crippen LogP contribution in [0.3, 0.4) is 0 Å². The fourth-order valence-electron chi connectivity index (χ4n) is 6.09. The van der Waals surface area contributed by atoms with Crippen LogP contribution in [0.15, 0.2) is 66.7 Å². The molecule has 1 heterocycles. The van der Waals surface area contributed by atoms with Gasteiger partial charge in [0.25, 0.3) is 0 Å². The molecule has 256 valence electrons. The lowest BCUT2D eigenvalue weighted by Crippen LogP contribution is -2.56. The van der Waals surface area contributed by atoms with Crippen LogP contribution < -0.4 is 33.2 Å². The zero-order valence-electron chi connectivity index (χ0n) is 27.3. The summed E-state index contributed by atoms with van der Waals surface area (Å²) in [6, 6.07) is 17.4. The third-order valence-electron chi connectivity index (χ3n) is 8.67. The Bertz CT molecular complexity index is 1590. The highest BCUT2D eigenvalue weighted by Gasteiger charge is 2.36. The van der Waals surface area contributed by atoms with E-state index in [0.29, 0.717) is 76.7 Å². The fraction of sp³-hybridized carbons (Fsp3) is 0.417. The summed E-state index contributed by atoms with van der Waals surface area (Å²) in [6.45, 7) is 1.31. The van der Waals surface area contributed by atoms with E-state index in [-0.39, 0.29) is 17.9 Å². The zero-order chi connectivity index (χ0) is 34.5. The van der Waals surface area contributed by atoms with E-state index in [1.807, 2.05) is 42.5 Å². The maximum atomic E-state index is 13.7. The van der Waals surface area contributed by atoms with Crippen LogP contribution in [0.1, 0.15) is 67.3 Å². The smallest absolute Gasteiger partial charge is 0.248 e. The van der Waals surface area contributed by atoms with Gasteiger partial charge in [0.15, 0.2) is 0 Å². The molecule has 5 amide bonds. The monoisotopic (exact) mass is 657 g/mol. The Morgan fingerprint density at radius 1 is 0.792 bits per heavy atom. The number of fused-ring (bicyclic) bond motifs is 1. The molecular weight excluding hydrogens is 610 g/mol. The van der Waals surface area contributed by atoms with Crippen molar-refractivity contribution in [2.24, 2.45) is 17.2 Å². The van der Waals surface area contributed by atoms with E-state index in [2.05, 4.69) is 16.0 Å². The van der Waals surface area contributed by atoms with Gasteiger partial charge in [-0.15, -0.1) is 0 Å². The van der Waals surface area contributed by atoms with Gasteiger partial charge in [0.1, 0.15) is 18.1 Å². The molecule has 0 spiro atoms. The number of hydrogen-bond donors (Lipinski definition) is 6. The summed E-state index contributed by atoms with van der Waals surface area (Å²) in [4.78, 5) is 67.5. The van der Waals surface area contributed by atoms with Gasteiger partial charge in [0.2, 0.25) is 29.5 Å². The Kier molecular flexibility index (Phi) is 13.5. The van der Waals surface area contributed by atoms with E-state index in [1.165, 1.54) is 12.1 Å². The number of primary amides is 1. The van der Waals surface area contributed by atoms with Gasteiger partial charge in [0.05, 0.1) is 6.42 Å². The summed E-state index contributed by atoms with van der Waals surface area (Å²) >= 11 is 0. The standard InChI is InChI=1S/C36H47N7O5/c37-19-5-3-16-29(34(46)40-27-14-8-13-26(22-27)33(39)45)41-35(47)30(17-4-6-20-38)42-36(48)31-18-9-21-43(31)32(44)23-25-12-7-11-24-10-1-2-15-28(24)25/h1-2,7-8,10-15,22,29-31H,3-6,9,16-21,23,37-38H2,(H2,39,45)(H,40,46)(H,41,47)(H,42,48)/t29?,30?,31-/m0/s1. The average Bonchev–Trinajstić information content (AvgIpc) is 3.58. The van der Waals surface area contributed by atoms with Gasteiger partial charge < -0.3 is 38.1 Å². The molecule has 1 fully saturated rings. The molecule has 0 aliphatic carbocycles. The molecule has 12 nitrogen and oxygen atoms in total. The van der Waals surface area contributed by atoms with Crippen LogP contribution in [0, 0.1) is 0 Å². The number of hydrogen-bond acceptors (Lipinski definition) is 7. The summed E-state index contributed by atoms with van der Waals surface area (Å²) in [7, 11) is 0. The number of nitrogens with zero attached hydrogens (tertiary/aromatic N) is 1. The van der Waals surface area contributed by atoms with E-state index >= 15 is 0 Å². The molecule has 1 aliphatic heterocycles. The Labute approximate surface area is 281 Å². The molecule has 1 saturated heterocycles. The van der Waals surface area contributed by atoms with Crippen molar-refractivity contribution in [3.05, 3.63) is 77.9 Å². The second-order valence-corrected chi connectivity index (χ2v) is 12.2. The predicted octanol–water partition coefficient (Wildman–Crippen LogP) is 2.34. The summed E-state index contributed by atoms with van der Waals surface area (Å²) in [5.74, 6) is -2.17. The minimum absolute atomic E-state index is 0.148. The Morgan fingerprint density at radius 3 is 2.17 bits per heavy atom. The van der Waals surface area contributed by atoms with Crippen molar-refractivity contribution in [3.63, 3.8) is 0 Å². The molecule has 9 N–H and O–H groups in total. The number of benzene rings is 3. The number of anilines is 1. The van der Waals surface area contributed by atoms with Gasteiger partial charge in [-0.25, -0.2) is 0 Å². The second-order valence-electron chi connectivity index (χ2n) is 12.2. The van der Waals surface area contributed by atoms with Crippen molar-refractivity contribution in [1.29, 1.82) is 0 Å². The lowest BCUT2D eigenvalue weighted by Gasteiger charge is -2.28. The van der Waals surface area contributed by atoms with Crippen molar-refractivity contribution in [3.8, 4) is 0 Å². The van der Waals surface area contributed by atoms with Gasteiger partial charge in [-0.3, -0.25) is 24.0 Å². The lowest BCUT2D eigenvalue weighted by atomic mass is 10.0. The number of nitrogens with two attached hydrogens (primary N) is 3. The number of nitrogens with one attached hydrogen (secondary N) is 3. The fourth-order valence-corrected chi connectivity index (χ4v) is 6.09. The van der Waals surface area contributed by atoms with E-state index in [1.54, 1.807) is 17.0 Å². The molecule has 3 aromatic rings. The summed E-state index contributed by atoms with van der Waals surface area (Å²) in [5.41, 5.74) is 18.2. The summed E-state index contributed by atoms with van der Waals surface area (Å²) < 4.78 is 0. The van der Waals surface area contributed by atoms with Gasteiger partial charge in [-0.2, -0.15) is 0 Å². The maximum absolute atomic E-state index is 13.7. The molecule has 3 aromatic carbocycles. The highest BCUT2D eigenvalue weighted by Crippen LogP contribution is 2.23. The Morgan fingerprint density at radius 2 is 1.46 bits per heavy atom. The van der Waals surface area contributed by atoms with Crippen molar-refractivity contribution < 1.29 is 24.0 Å². The zero-order valence-corrected chi connectivity index (χ0v) is 27.3. The van der Waals surface area contributed by atoms with Gasteiger partial charge in [-0.1, -0.05) is 48.5 Å². The quantitative estimate of drug-likeness (QED) is 0.120. The molecular formula is C36H47N7O5. The lowest BCUT2D eigenvalue weighted by molar-refractivity contribution is -0.139. The molecule has 4 rings (SSSR count). The third-order valence-corrected chi connectivity index (χ3v) is 8.67.